The molecule has 1 saturated heterocycles. The molecule has 0 spiro atoms. The molecule has 6 heteroatoms. The molecule has 0 radical (unpaired) electrons. The van der Waals surface area contributed by atoms with Crippen molar-refractivity contribution in [1.29, 1.82) is 0 Å². The molecule has 3 rings (SSSR count). The largest absolute Gasteiger partial charge is 0.598 e. The third kappa shape index (κ3) is 7.51. The van der Waals surface area contributed by atoms with E-state index in [-0.39, 0.29) is 15.7 Å². The second kappa shape index (κ2) is 10.3. The summed E-state index contributed by atoms with van der Waals surface area (Å²) in [5.74, 6) is 3.21. The quantitative estimate of drug-likeness (QED) is 0.307. The molecule has 2 unspecified atom stereocenters. The first-order chi connectivity index (χ1) is 15.2. The number of nitrogens with zero attached hydrogens (tertiary/aromatic N) is 1. The lowest BCUT2D eigenvalue weighted by Crippen LogP contribution is -2.45. The summed E-state index contributed by atoms with van der Waals surface area (Å²) in [6.07, 6.45) is 11.4. The Balaban J connectivity index is 1.54. The van der Waals surface area contributed by atoms with Gasteiger partial charge in [0.1, 0.15) is 4.75 Å². The summed E-state index contributed by atoms with van der Waals surface area (Å²) < 4.78 is 16.1. The van der Waals surface area contributed by atoms with Crippen LogP contribution in [0.2, 0.25) is 0 Å². The summed E-state index contributed by atoms with van der Waals surface area (Å²) in [4.78, 5) is 13.3. The molecule has 0 aromatic rings. The molecule has 192 valence electrons. The fourth-order valence-electron chi connectivity index (χ4n) is 6.00. The van der Waals surface area contributed by atoms with Crippen molar-refractivity contribution in [2.75, 3.05) is 6.54 Å². The Kier molecular flexibility index (Phi) is 8.44. The highest BCUT2D eigenvalue weighted by Gasteiger charge is 2.46. The van der Waals surface area contributed by atoms with Gasteiger partial charge in [-0.1, -0.05) is 20.3 Å². The number of carbonyl (C=O) groups is 1. The molecule has 0 bridgehead atoms. The van der Waals surface area contributed by atoms with Gasteiger partial charge in [-0.15, -0.1) is 4.72 Å². The third-order valence-corrected chi connectivity index (χ3v) is 10.4. The lowest BCUT2D eigenvalue weighted by atomic mass is 9.72. The zero-order valence-electron chi connectivity index (χ0n) is 22.3. The Morgan fingerprint density at radius 2 is 1.67 bits per heavy atom. The van der Waals surface area contributed by atoms with Crippen molar-refractivity contribution >= 4 is 17.5 Å². The molecule has 0 aromatic carbocycles. The van der Waals surface area contributed by atoms with Crippen LogP contribution in [0.15, 0.2) is 0 Å². The van der Waals surface area contributed by atoms with E-state index in [1.54, 1.807) is 4.90 Å². The minimum Gasteiger partial charge on any atom is -0.598 e. The molecule has 2 saturated carbocycles. The van der Waals surface area contributed by atoms with Crippen molar-refractivity contribution in [1.82, 2.24) is 9.62 Å². The van der Waals surface area contributed by atoms with Gasteiger partial charge in [0.15, 0.2) is 0 Å². The molecule has 1 amide bonds. The minimum absolute atomic E-state index is 0.0970. The van der Waals surface area contributed by atoms with Crippen molar-refractivity contribution in [3.8, 4) is 0 Å². The van der Waals surface area contributed by atoms with Crippen molar-refractivity contribution in [3.63, 3.8) is 0 Å². The molecule has 3 fully saturated rings. The molecule has 3 aliphatic rings. The number of carboxylic acid groups (broad SMARTS) is 1. The Bertz CT molecular complexity index is 655. The second-order valence-electron chi connectivity index (χ2n) is 13.6. The first kappa shape index (κ1) is 27.1. The Morgan fingerprint density at radius 1 is 1.09 bits per heavy atom. The topological polar surface area (TPSA) is 75.6 Å². The van der Waals surface area contributed by atoms with Crippen molar-refractivity contribution in [2.24, 2.45) is 29.1 Å². The summed E-state index contributed by atoms with van der Waals surface area (Å²) in [6, 6.07) is 0.302. The number of rotatable bonds is 12. The lowest BCUT2D eigenvalue weighted by Gasteiger charge is -2.33. The van der Waals surface area contributed by atoms with Gasteiger partial charge in [0, 0.05) is 23.4 Å². The minimum atomic E-state index is -1.04. The fraction of sp³-hybridized carbons (Fsp3) is 0.963. The van der Waals surface area contributed by atoms with E-state index >= 15 is 0 Å². The normalized spacial score (nSPS) is 25.5. The summed E-state index contributed by atoms with van der Waals surface area (Å²) in [5.41, 5.74) is -0.193. The van der Waals surface area contributed by atoms with E-state index in [9.17, 15) is 14.5 Å². The van der Waals surface area contributed by atoms with Gasteiger partial charge in [-0.25, -0.2) is 4.79 Å². The number of likely N-dealkylation sites (tertiary alicyclic amines) is 1. The number of nitrogens with one attached hydrogen (secondary N) is 1. The van der Waals surface area contributed by atoms with Gasteiger partial charge in [0.2, 0.25) is 0 Å². The van der Waals surface area contributed by atoms with Gasteiger partial charge in [0.25, 0.3) is 0 Å². The van der Waals surface area contributed by atoms with Crippen molar-refractivity contribution in [3.05, 3.63) is 0 Å². The first-order valence-corrected chi connectivity index (χ1v) is 14.5. The van der Waals surface area contributed by atoms with Crippen molar-refractivity contribution < 1.29 is 14.5 Å². The highest BCUT2D eigenvalue weighted by atomic mass is 32.2. The molecule has 0 aromatic heterocycles. The van der Waals surface area contributed by atoms with E-state index in [0.29, 0.717) is 18.5 Å². The molecule has 33 heavy (non-hydrogen) atoms. The monoisotopic (exact) mass is 482 g/mol. The maximum absolute atomic E-state index is 12.9. The number of amides is 1. The Hall–Kier alpha value is -0.460. The molecule has 2 N–H and O–H groups in total. The number of hydrogen-bond donors (Lipinski definition) is 2. The lowest BCUT2D eigenvalue weighted by molar-refractivity contribution is 0.115. The van der Waals surface area contributed by atoms with Gasteiger partial charge in [-0.05, 0) is 121 Å². The average molecular weight is 483 g/mol. The highest BCUT2D eigenvalue weighted by molar-refractivity contribution is 7.90. The Labute approximate surface area is 206 Å². The second-order valence-corrected chi connectivity index (χ2v) is 15.6. The predicted octanol–water partition coefficient (Wildman–Crippen LogP) is 6.60. The highest BCUT2D eigenvalue weighted by Crippen LogP contribution is 2.51. The summed E-state index contributed by atoms with van der Waals surface area (Å²) >= 11 is -1.04. The molecular weight excluding hydrogens is 432 g/mol. The standard InChI is InChI=1S/C27H50N2O3S/c1-25(2,3)33(32)28-22(14-15-23(19-10-11-19)20-12-13-20)9-8-16-26(4,5)21-17-27(6,7)29(18-21)24(30)31/h19-23,28H,8-18H2,1-7H3,(H,30,31)/t21-,22?,33?/m1/s1. The van der Waals surface area contributed by atoms with E-state index in [4.69, 9.17) is 0 Å². The van der Waals surface area contributed by atoms with E-state index in [0.717, 1.165) is 49.9 Å². The van der Waals surface area contributed by atoms with E-state index in [2.05, 4.69) is 32.4 Å². The summed E-state index contributed by atoms with van der Waals surface area (Å²) in [6.45, 7) is 15.5. The SMILES string of the molecule is CC(C)(CCCC(CCC(C1CC1)C1CC1)N[S+]([O-])C(C)(C)C)[C@H]1CN(C(=O)O)C(C)(C)C1. The molecule has 2 aliphatic carbocycles. The zero-order chi connectivity index (χ0) is 24.6. The van der Waals surface area contributed by atoms with E-state index in [1.165, 1.54) is 32.1 Å². The molecular formula is C27H50N2O3S. The van der Waals surface area contributed by atoms with Crippen LogP contribution in [0.5, 0.6) is 0 Å². The number of hydrogen-bond acceptors (Lipinski definition) is 3. The molecule has 5 nitrogen and oxygen atoms in total. The maximum Gasteiger partial charge on any atom is 0.407 e. The molecule has 1 aliphatic heterocycles. The van der Waals surface area contributed by atoms with Crippen LogP contribution in [0.25, 0.3) is 0 Å². The smallest absolute Gasteiger partial charge is 0.407 e. The van der Waals surface area contributed by atoms with Crippen LogP contribution in [-0.2, 0) is 11.4 Å². The van der Waals surface area contributed by atoms with Gasteiger partial charge in [-0.3, -0.25) is 0 Å². The summed E-state index contributed by atoms with van der Waals surface area (Å²) in [5, 5.41) is 9.61. The average Bonchev–Trinajstić information content (AvgIpc) is 3.59. The van der Waals surface area contributed by atoms with Crippen LogP contribution in [0.1, 0.15) is 113 Å². The van der Waals surface area contributed by atoms with Gasteiger partial charge in [-0.2, -0.15) is 0 Å². The van der Waals surface area contributed by atoms with E-state index < -0.39 is 17.5 Å². The summed E-state index contributed by atoms with van der Waals surface area (Å²) in [7, 11) is 0. The van der Waals surface area contributed by atoms with Gasteiger partial charge >= 0.3 is 6.09 Å². The van der Waals surface area contributed by atoms with Crippen LogP contribution in [0.3, 0.4) is 0 Å². The predicted molar refractivity (Wildman–Crippen MR) is 138 cm³/mol. The first-order valence-electron chi connectivity index (χ1n) is 13.4. The van der Waals surface area contributed by atoms with Crippen LogP contribution >= 0.6 is 0 Å². The van der Waals surface area contributed by atoms with Gasteiger partial charge < -0.3 is 14.6 Å². The van der Waals surface area contributed by atoms with Crippen LogP contribution < -0.4 is 4.72 Å². The van der Waals surface area contributed by atoms with E-state index in [1.807, 2.05) is 20.8 Å². The van der Waals surface area contributed by atoms with Gasteiger partial charge in [0.05, 0.1) is 6.04 Å². The molecule has 3 atom stereocenters. The van der Waals surface area contributed by atoms with Crippen LogP contribution in [0, 0.1) is 29.1 Å². The zero-order valence-corrected chi connectivity index (χ0v) is 23.1. The maximum atomic E-state index is 12.9. The fourth-order valence-corrected chi connectivity index (χ4v) is 6.89. The van der Waals surface area contributed by atoms with Crippen molar-refractivity contribution in [2.45, 2.75) is 129 Å². The van der Waals surface area contributed by atoms with Crippen LogP contribution in [-0.4, -0.2) is 43.5 Å². The van der Waals surface area contributed by atoms with Crippen LogP contribution in [0.4, 0.5) is 4.79 Å². The Morgan fingerprint density at radius 3 is 2.12 bits per heavy atom. The third-order valence-electron chi connectivity index (χ3n) is 8.72. The molecule has 1 heterocycles.